The number of amides is 1. The molecule has 1 aliphatic heterocycles. The maximum Gasteiger partial charge on any atom is 0.228 e. The van der Waals surface area contributed by atoms with Gasteiger partial charge in [0.2, 0.25) is 5.91 Å². The van der Waals surface area contributed by atoms with Gasteiger partial charge in [-0.05, 0) is 49.9 Å². The standard InChI is InChI=1S/C25H27N3O2S/c1-30-22-10-6-5-9-21(22)27-23(29)20-15-25(20)11-13-28(14-12-25)17-19-16-26-24(31-19)18-7-3-2-4-8-18/h2-10,16,20H,11-15,17H2,1H3,(H,27,29)/t20-/m1/s1. The molecule has 2 aliphatic rings. The lowest BCUT2D eigenvalue weighted by Crippen LogP contribution is -2.35. The molecule has 31 heavy (non-hydrogen) atoms. The first-order valence-corrected chi connectivity index (χ1v) is 11.6. The van der Waals surface area contributed by atoms with Crippen LogP contribution in [0, 0.1) is 11.3 Å². The Labute approximate surface area is 187 Å². The van der Waals surface area contributed by atoms with E-state index in [1.54, 1.807) is 18.4 Å². The highest BCUT2D eigenvalue weighted by Crippen LogP contribution is 2.59. The number of nitrogens with one attached hydrogen (secondary N) is 1. The van der Waals surface area contributed by atoms with Gasteiger partial charge in [-0.15, -0.1) is 11.3 Å². The molecule has 1 spiro atoms. The van der Waals surface area contributed by atoms with Crippen molar-refractivity contribution >= 4 is 22.9 Å². The largest absolute Gasteiger partial charge is 0.495 e. The van der Waals surface area contributed by atoms with E-state index in [1.165, 1.54) is 10.4 Å². The average molecular weight is 434 g/mol. The van der Waals surface area contributed by atoms with E-state index in [0.717, 1.165) is 49.6 Å². The predicted octanol–water partition coefficient (Wildman–Crippen LogP) is 5.06. The molecule has 1 saturated heterocycles. The molecule has 2 aromatic carbocycles. The van der Waals surface area contributed by atoms with Crippen molar-refractivity contribution < 1.29 is 9.53 Å². The topological polar surface area (TPSA) is 54.5 Å². The number of likely N-dealkylation sites (tertiary alicyclic amines) is 1. The molecule has 1 atom stereocenters. The second-order valence-corrected chi connectivity index (χ2v) is 9.70. The first-order chi connectivity index (χ1) is 15.2. The van der Waals surface area contributed by atoms with Crippen molar-refractivity contribution in [2.75, 3.05) is 25.5 Å². The van der Waals surface area contributed by atoms with E-state index in [4.69, 9.17) is 4.74 Å². The van der Waals surface area contributed by atoms with Gasteiger partial charge in [0.15, 0.2) is 0 Å². The summed E-state index contributed by atoms with van der Waals surface area (Å²) in [4.78, 5) is 21.3. The third-order valence-corrected chi connectivity index (χ3v) is 7.71. The summed E-state index contributed by atoms with van der Waals surface area (Å²) in [5.74, 6) is 0.959. The number of carbonyl (C=O) groups is 1. The Kier molecular flexibility index (Phi) is 5.50. The number of thiazole rings is 1. The fourth-order valence-electron chi connectivity index (χ4n) is 4.71. The number of ether oxygens (including phenoxy) is 1. The van der Waals surface area contributed by atoms with Crippen molar-refractivity contribution in [2.45, 2.75) is 25.8 Å². The number of piperidine rings is 1. The van der Waals surface area contributed by atoms with Crippen molar-refractivity contribution in [3.63, 3.8) is 0 Å². The Balaban J connectivity index is 1.14. The van der Waals surface area contributed by atoms with E-state index < -0.39 is 0 Å². The number of carbonyl (C=O) groups excluding carboxylic acids is 1. The minimum Gasteiger partial charge on any atom is -0.495 e. The average Bonchev–Trinajstić information content (AvgIpc) is 3.31. The maximum atomic E-state index is 12.8. The Hall–Kier alpha value is -2.70. The number of hydrogen-bond acceptors (Lipinski definition) is 5. The summed E-state index contributed by atoms with van der Waals surface area (Å²) < 4.78 is 5.36. The summed E-state index contributed by atoms with van der Waals surface area (Å²) in [5, 5.41) is 4.16. The van der Waals surface area contributed by atoms with Gasteiger partial charge in [-0.2, -0.15) is 0 Å². The summed E-state index contributed by atoms with van der Waals surface area (Å²) >= 11 is 1.78. The van der Waals surface area contributed by atoms with E-state index in [1.807, 2.05) is 36.5 Å². The van der Waals surface area contributed by atoms with Crippen molar-refractivity contribution in [2.24, 2.45) is 11.3 Å². The lowest BCUT2D eigenvalue weighted by atomic mass is 9.90. The van der Waals surface area contributed by atoms with Crippen LogP contribution in [-0.4, -0.2) is 36.0 Å². The number of nitrogens with zero attached hydrogens (tertiary/aromatic N) is 2. The minimum atomic E-state index is 0.118. The predicted molar refractivity (Wildman–Crippen MR) is 124 cm³/mol. The molecule has 160 valence electrons. The summed E-state index contributed by atoms with van der Waals surface area (Å²) in [5.41, 5.74) is 2.12. The van der Waals surface area contributed by atoms with Crippen LogP contribution in [0.25, 0.3) is 10.6 Å². The van der Waals surface area contributed by atoms with Crippen LogP contribution in [0.5, 0.6) is 5.75 Å². The van der Waals surface area contributed by atoms with Crippen molar-refractivity contribution in [3.05, 3.63) is 65.7 Å². The molecule has 1 saturated carbocycles. The number of benzene rings is 2. The van der Waals surface area contributed by atoms with Crippen LogP contribution in [0.2, 0.25) is 0 Å². The van der Waals surface area contributed by atoms with E-state index in [-0.39, 0.29) is 17.2 Å². The van der Waals surface area contributed by atoms with Gasteiger partial charge in [-0.1, -0.05) is 42.5 Å². The highest BCUT2D eigenvalue weighted by molar-refractivity contribution is 7.15. The number of para-hydroxylation sites is 2. The summed E-state index contributed by atoms with van der Waals surface area (Å²) in [7, 11) is 1.63. The smallest absolute Gasteiger partial charge is 0.228 e. The van der Waals surface area contributed by atoms with Gasteiger partial charge in [0.05, 0.1) is 12.8 Å². The van der Waals surface area contributed by atoms with Crippen LogP contribution in [0.4, 0.5) is 5.69 Å². The molecular weight excluding hydrogens is 406 g/mol. The second-order valence-electron chi connectivity index (χ2n) is 8.58. The Morgan fingerprint density at radius 2 is 1.90 bits per heavy atom. The second kappa shape index (κ2) is 8.44. The van der Waals surface area contributed by atoms with Crippen LogP contribution in [0.3, 0.4) is 0 Å². The lowest BCUT2D eigenvalue weighted by Gasteiger charge is -2.32. The molecule has 5 nitrogen and oxygen atoms in total. The summed E-state index contributed by atoms with van der Waals surface area (Å²) in [6.45, 7) is 3.02. The monoisotopic (exact) mass is 433 g/mol. The minimum absolute atomic E-state index is 0.118. The quantitative estimate of drug-likeness (QED) is 0.590. The third kappa shape index (κ3) is 4.23. The Morgan fingerprint density at radius 1 is 1.16 bits per heavy atom. The fraction of sp³-hybridized carbons (Fsp3) is 0.360. The van der Waals surface area contributed by atoms with Gasteiger partial charge in [0, 0.05) is 29.1 Å². The number of anilines is 1. The van der Waals surface area contributed by atoms with Gasteiger partial charge in [0.1, 0.15) is 10.8 Å². The summed E-state index contributed by atoms with van der Waals surface area (Å²) in [6.07, 6.45) is 5.18. The first kappa shape index (κ1) is 20.2. The number of methoxy groups -OCH3 is 1. The maximum absolute atomic E-state index is 12.8. The van der Waals surface area contributed by atoms with E-state index in [2.05, 4.69) is 39.5 Å². The van der Waals surface area contributed by atoms with E-state index >= 15 is 0 Å². The number of aromatic nitrogens is 1. The lowest BCUT2D eigenvalue weighted by molar-refractivity contribution is -0.118. The SMILES string of the molecule is COc1ccccc1NC(=O)[C@H]1CC12CCN(Cc1cnc(-c3ccccc3)s1)CC2. The number of hydrogen-bond donors (Lipinski definition) is 1. The van der Waals surface area contributed by atoms with Crippen LogP contribution < -0.4 is 10.1 Å². The van der Waals surface area contributed by atoms with Crippen LogP contribution in [-0.2, 0) is 11.3 Å². The molecule has 0 bridgehead atoms. The van der Waals surface area contributed by atoms with Crippen molar-refractivity contribution in [1.29, 1.82) is 0 Å². The van der Waals surface area contributed by atoms with E-state index in [9.17, 15) is 4.79 Å². The Morgan fingerprint density at radius 3 is 2.68 bits per heavy atom. The number of rotatable bonds is 6. The normalized spacial score (nSPS) is 19.8. The molecule has 5 rings (SSSR count). The molecule has 0 radical (unpaired) electrons. The molecule has 1 amide bonds. The van der Waals surface area contributed by atoms with Gasteiger partial charge in [-0.3, -0.25) is 9.69 Å². The van der Waals surface area contributed by atoms with Gasteiger partial charge >= 0.3 is 0 Å². The van der Waals surface area contributed by atoms with Crippen molar-refractivity contribution in [1.82, 2.24) is 9.88 Å². The Bertz CT molecular complexity index is 1060. The molecule has 0 unspecified atom stereocenters. The van der Waals surface area contributed by atoms with Crippen LogP contribution in [0.15, 0.2) is 60.8 Å². The molecule has 1 aromatic heterocycles. The zero-order valence-electron chi connectivity index (χ0n) is 17.7. The molecule has 2 heterocycles. The third-order valence-electron chi connectivity index (χ3n) is 6.68. The molecular formula is C25H27N3O2S. The van der Waals surface area contributed by atoms with Gasteiger partial charge < -0.3 is 10.1 Å². The van der Waals surface area contributed by atoms with Gasteiger partial charge in [0.25, 0.3) is 0 Å². The van der Waals surface area contributed by atoms with Crippen LogP contribution >= 0.6 is 11.3 Å². The molecule has 3 aromatic rings. The first-order valence-electron chi connectivity index (χ1n) is 10.8. The highest BCUT2D eigenvalue weighted by atomic mass is 32.1. The van der Waals surface area contributed by atoms with E-state index in [0.29, 0.717) is 5.75 Å². The summed E-state index contributed by atoms with van der Waals surface area (Å²) in [6, 6.07) is 18.0. The zero-order valence-corrected chi connectivity index (χ0v) is 18.5. The van der Waals surface area contributed by atoms with Crippen LogP contribution in [0.1, 0.15) is 24.1 Å². The molecule has 1 aliphatic carbocycles. The molecule has 1 N–H and O–H groups in total. The molecule has 6 heteroatoms. The fourth-order valence-corrected chi connectivity index (χ4v) is 5.67. The highest BCUT2D eigenvalue weighted by Gasteiger charge is 2.58. The molecule has 2 fully saturated rings. The van der Waals surface area contributed by atoms with Crippen molar-refractivity contribution in [3.8, 4) is 16.3 Å². The zero-order chi connectivity index (χ0) is 21.3. The van der Waals surface area contributed by atoms with Gasteiger partial charge in [-0.25, -0.2) is 4.98 Å².